The topological polar surface area (TPSA) is 84.0 Å². The van der Waals surface area contributed by atoms with Crippen LogP contribution in [0, 0.1) is 0 Å². The van der Waals surface area contributed by atoms with E-state index >= 15 is 0 Å². The van der Waals surface area contributed by atoms with Gasteiger partial charge in [-0.1, -0.05) is 24.3 Å². The van der Waals surface area contributed by atoms with E-state index < -0.39 is 10.0 Å². The monoisotopic (exact) mass is 310 g/mol. The van der Waals surface area contributed by atoms with E-state index in [9.17, 15) is 8.42 Å². The molecule has 1 aliphatic rings. The van der Waals surface area contributed by atoms with Crippen molar-refractivity contribution >= 4 is 32.2 Å². The third-order valence-corrected chi connectivity index (χ3v) is 5.54. The number of hydrogen-bond acceptors (Lipinski definition) is 6. The number of hydrogen-bond donors (Lipinski definition) is 2. The van der Waals surface area contributed by atoms with Crippen LogP contribution in [0.15, 0.2) is 23.1 Å². The van der Waals surface area contributed by atoms with Crippen molar-refractivity contribution in [2.45, 2.75) is 24.7 Å². The molecule has 0 amide bonds. The second-order valence-electron chi connectivity index (χ2n) is 4.46. The maximum Gasteiger partial charge on any atom is 0.263 e. The average Bonchev–Trinajstić information content (AvgIpc) is 3.05. The summed E-state index contributed by atoms with van der Waals surface area (Å²) in [6.07, 6.45) is 1.67. The molecular weight excluding hydrogens is 296 g/mol. The number of benzene rings is 1. The number of sulfonamides is 1. The van der Waals surface area contributed by atoms with E-state index in [1.165, 1.54) is 11.3 Å². The standard InChI is InChI=1S/C12H14N4O2S2/c1-2-11-14-15-12(19-11)16-20(17,18)9-4-3-8-5-6-13-10(8)7-9/h3-4,7,13H,2,5-6H2,1H3,(H,15,16). The molecule has 106 valence electrons. The highest BCUT2D eigenvalue weighted by Crippen LogP contribution is 2.27. The highest BCUT2D eigenvalue weighted by Gasteiger charge is 2.19. The van der Waals surface area contributed by atoms with Crippen molar-refractivity contribution < 1.29 is 8.42 Å². The minimum Gasteiger partial charge on any atom is -0.384 e. The Balaban J connectivity index is 1.88. The summed E-state index contributed by atoms with van der Waals surface area (Å²) < 4.78 is 27.1. The summed E-state index contributed by atoms with van der Waals surface area (Å²) in [7, 11) is -3.61. The van der Waals surface area contributed by atoms with Crippen LogP contribution < -0.4 is 10.0 Å². The Morgan fingerprint density at radius 3 is 3.00 bits per heavy atom. The number of fused-ring (bicyclic) bond motifs is 1. The van der Waals surface area contributed by atoms with E-state index in [0.717, 1.165) is 35.6 Å². The Kier molecular flexibility index (Phi) is 3.35. The normalized spacial score (nSPS) is 13.8. The van der Waals surface area contributed by atoms with Crippen LogP contribution in [-0.2, 0) is 22.9 Å². The van der Waals surface area contributed by atoms with Gasteiger partial charge in [0.2, 0.25) is 5.13 Å². The maximum absolute atomic E-state index is 12.3. The first-order valence-electron chi connectivity index (χ1n) is 6.30. The fraction of sp³-hybridized carbons (Fsp3) is 0.333. The number of rotatable bonds is 4. The molecule has 20 heavy (non-hydrogen) atoms. The Labute approximate surface area is 121 Å². The van der Waals surface area contributed by atoms with Gasteiger partial charge in [0, 0.05) is 12.2 Å². The number of nitrogens with one attached hydrogen (secondary N) is 2. The Morgan fingerprint density at radius 1 is 1.40 bits per heavy atom. The molecule has 8 heteroatoms. The molecule has 1 aromatic heterocycles. The number of anilines is 2. The van der Waals surface area contributed by atoms with Crippen LogP contribution in [0.4, 0.5) is 10.8 Å². The minimum atomic E-state index is -3.61. The quantitative estimate of drug-likeness (QED) is 0.900. The van der Waals surface area contributed by atoms with Crippen molar-refractivity contribution in [2.75, 3.05) is 16.6 Å². The summed E-state index contributed by atoms with van der Waals surface area (Å²) in [6, 6.07) is 5.13. The molecule has 2 heterocycles. The highest BCUT2D eigenvalue weighted by molar-refractivity contribution is 7.93. The van der Waals surface area contributed by atoms with Gasteiger partial charge < -0.3 is 5.32 Å². The third-order valence-electron chi connectivity index (χ3n) is 3.09. The van der Waals surface area contributed by atoms with E-state index in [1.807, 2.05) is 13.0 Å². The fourth-order valence-corrected chi connectivity index (χ4v) is 3.98. The molecule has 1 aromatic carbocycles. The Morgan fingerprint density at radius 2 is 2.25 bits per heavy atom. The zero-order valence-electron chi connectivity index (χ0n) is 10.9. The Hall–Kier alpha value is -1.67. The molecule has 2 aromatic rings. The van der Waals surface area contributed by atoms with Crippen molar-refractivity contribution in [3.05, 3.63) is 28.8 Å². The molecule has 0 atom stereocenters. The smallest absolute Gasteiger partial charge is 0.263 e. The zero-order valence-corrected chi connectivity index (χ0v) is 12.5. The largest absolute Gasteiger partial charge is 0.384 e. The van der Waals surface area contributed by atoms with Gasteiger partial charge in [-0.3, -0.25) is 4.72 Å². The van der Waals surface area contributed by atoms with Gasteiger partial charge in [-0.25, -0.2) is 8.42 Å². The lowest BCUT2D eigenvalue weighted by atomic mass is 10.2. The van der Waals surface area contributed by atoms with Gasteiger partial charge in [0.25, 0.3) is 10.0 Å². The third kappa shape index (κ3) is 2.48. The number of aromatic nitrogens is 2. The van der Waals surface area contributed by atoms with E-state index in [4.69, 9.17) is 0 Å². The van der Waals surface area contributed by atoms with Crippen LogP contribution in [0.3, 0.4) is 0 Å². The van der Waals surface area contributed by atoms with Crippen molar-refractivity contribution in [3.63, 3.8) is 0 Å². The van der Waals surface area contributed by atoms with Crippen LogP contribution in [0.2, 0.25) is 0 Å². The second-order valence-corrected chi connectivity index (χ2v) is 7.20. The van der Waals surface area contributed by atoms with Gasteiger partial charge in [-0.05, 0) is 30.5 Å². The lowest BCUT2D eigenvalue weighted by Crippen LogP contribution is -2.13. The minimum absolute atomic E-state index is 0.235. The first kappa shape index (κ1) is 13.3. The molecule has 0 unspecified atom stereocenters. The summed E-state index contributed by atoms with van der Waals surface area (Å²) in [6.45, 7) is 2.80. The van der Waals surface area contributed by atoms with Crippen molar-refractivity contribution in [3.8, 4) is 0 Å². The summed E-state index contributed by atoms with van der Waals surface area (Å²) in [5.74, 6) is 0. The molecular formula is C12H14N4O2S2. The van der Waals surface area contributed by atoms with Gasteiger partial charge in [0.15, 0.2) is 0 Å². The summed E-state index contributed by atoms with van der Waals surface area (Å²) >= 11 is 1.25. The van der Waals surface area contributed by atoms with Crippen LogP contribution in [0.25, 0.3) is 0 Å². The van der Waals surface area contributed by atoms with Crippen LogP contribution >= 0.6 is 11.3 Å². The van der Waals surface area contributed by atoms with Gasteiger partial charge in [0.1, 0.15) is 5.01 Å². The molecule has 0 radical (unpaired) electrons. The molecule has 0 fully saturated rings. The van der Waals surface area contributed by atoms with Gasteiger partial charge >= 0.3 is 0 Å². The molecule has 0 aliphatic carbocycles. The summed E-state index contributed by atoms with van der Waals surface area (Å²) in [5, 5.41) is 12.0. The Bertz CT molecular complexity index is 740. The predicted molar refractivity (Wildman–Crippen MR) is 78.7 cm³/mol. The molecule has 0 spiro atoms. The van der Waals surface area contributed by atoms with E-state index in [1.54, 1.807) is 12.1 Å². The fourth-order valence-electron chi connectivity index (χ4n) is 2.05. The lowest BCUT2D eigenvalue weighted by Gasteiger charge is -2.07. The van der Waals surface area contributed by atoms with Gasteiger partial charge in [0.05, 0.1) is 4.90 Å². The first-order chi connectivity index (χ1) is 9.58. The molecule has 6 nitrogen and oxygen atoms in total. The summed E-state index contributed by atoms with van der Waals surface area (Å²) in [4.78, 5) is 0.235. The van der Waals surface area contributed by atoms with Crippen LogP contribution in [0.5, 0.6) is 0 Å². The van der Waals surface area contributed by atoms with E-state index in [-0.39, 0.29) is 4.90 Å². The molecule has 0 bridgehead atoms. The SMILES string of the molecule is CCc1nnc(NS(=O)(=O)c2ccc3c(c2)NCC3)s1. The predicted octanol–water partition coefficient (Wildman–Crippen LogP) is 1.87. The zero-order chi connectivity index (χ0) is 14.2. The lowest BCUT2D eigenvalue weighted by molar-refractivity contribution is 0.601. The average molecular weight is 310 g/mol. The molecule has 0 saturated carbocycles. The summed E-state index contributed by atoms with van der Waals surface area (Å²) in [5.41, 5.74) is 2.03. The van der Waals surface area contributed by atoms with Crippen molar-refractivity contribution in [1.82, 2.24) is 10.2 Å². The highest BCUT2D eigenvalue weighted by atomic mass is 32.2. The van der Waals surface area contributed by atoms with Gasteiger partial charge in [-0.15, -0.1) is 10.2 Å². The first-order valence-corrected chi connectivity index (χ1v) is 8.60. The number of aryl methyl sites for hydroxylation is 1. The molecule has 3 rings (SSSR count). The van der Waals surface area contributed by atoms with Gasteiger partial charge in [-0.2, -0.15) is 0 Å². The van der Waals surface area contributed by atoms with E-state index in [0.29, 0.717) is 5.13 Å². The maximum atomic E-state index is 12.3. The van der Waals surface area contributed by atoms with Crippen molar-refractivity contribution in [2.24, 2.45) is 0 Å². The molecule has 0 saturated heterocycles. The molecule has 1 aliphatic heterocycles. The van der Waals surface area contributed by atoms with Crippen LogP contribution in [-0.4, -0.2) is 25.2 Å². The molecule has 2 N–H and O–H groups in total. The van der Waals surface area contributed by atoms with Crippen molar-refractivity contribution in [1.29, 1.82) is 0 Å². The van der Waals surface area contributed by atoms with Crippen LogP contribution in [0.1, 0.15) is 17.5 Å². The second kappa shape index (κ2) is 5.02. The number of nitrogens with zero attached hydrogens (tertiary/aromatic N) is 2. The van der Waals surface area contributed by atoms with E-state index in [2.05, 4.69) is 20.2 Å².